The maximum Gasteiger partial charge on any atom is 0.137 e. The second-order valence-corrected chi connectivity index (χ2v) is 5.21. The molecule has 0 atom stereocenters. The van der Waals surface area contributed by atoms with Crippen molar-refractivity contribution in [2.75, 3.05) is 13.7 Å². The molecule has 0 saturated carbocycles. The Morgan fingerprint density at radius 3 is 2.56 bits per heavy atom. The van der Waals surface area contributed by atoms with Crippen LogP contribution in [0.3, 0.4) is 0 Å². The summed E-state index contributed by atoms with van der Waals surface area (Å²) in [5, 5.41) is 19.4. The third-order valence-corrected chi connectivity index (χ3v) is 3.27. The van der Waals surface area contributed by atoms with Crippen molar-refractivity contribution in [1.82, 2.24) is 5.16 Å². The lowest BCUT2D eigenvalue weighted by Gasteiger charge is -2.14. The Labute approximate surface area is 153 Å². The summed E-state index contributed by atoms with van der Waals surface area (Å²) in [5.74, 6) is 5.17. The Hall–Kier alpha value is -2.11. The topological polar surface area (TPSA) is 115 Å². The van der Waals surface area contributed by atoms with E-state index in [1.54, 1.807) is 7.11 Å². The summed E-state index contributed by atoms with van der Waals surface area (Å²) in [6, 6.07) is 7.73. The van der Waals surface area contributed by atoms with Crippen LogP contribution in [0.5, 0.6) is 5.75 Å². The maximum atomic E-state index is 9.04. The first-order valence-corrected chi connectivity index (χ1v) is 7.47. The first kappa shape index (κ1) is 22.9. The summed E-state index contributed by atoms with van der Waals surface area (Å²) in [5.41, 5.74) is 3.35. The molecule has 1 heterocycles. The van der Waals surface area contributed by atoms with Gasteiger partial charge in [0.1, 0.15) is 11.5 Å². The largest absolute Gasteiger partial charge is 0.493 e. The molecule has 0 aliphatic rings. The number of rotatable bonds is 7. The smallest absolute Gasteiger partial charge is 0.137 e. The molecule has 138 valence electrons. The van der Waals surface area contributed by atoms with Gasteiger partial charge in [-0.3, -0.25) is 0 Å². The molecule has 0 aliphatic carbocycles. The van der Waals surface area contributed by atoms with Crippen LogP contribution in [0.2, 0.25) is 0 Å². The minimum absolute atomic E-state index is 0. The van der Waals surface area contributed by atoms with Gasteiger partial charge in [0.15, 0.2) is 0 Å². The van der Waals surface area contributed by atoms with E-state index < -0.39 is 0 Å². The van der Waals surface area contributed by atoms with Crippen LogP contribution in [0, 0.1) is 25.2 Å². The number of nitriles is 1. The zero-order valence-corrected chi connectivity index (χ0v) is 15.4. The Kier molecular flexibility index (Phi) is 11.2. The molecule has 25 heavy (non-hydrogen) atoms. The zero-order chi connectivity index (χ0) is 17.9. The van der Waals surface area contributed by atoms with Gasteiger partial charge < -0.3 is 19.2 Å². The van der Waals surface area contributed by atoms with Crippen LogP contribution in [0.4, 0.5) is 0 Å². The van der Waals surface area contributed by atoms with E-state index in [1.165, 1.54) is 0 Å². The van der Waals surface area contributed by atoms with Gasteiger partial charge in [0.2, 0.25) is 0 Å². The number of nitrogens with zero attached hydrogens (tertiary/aromatic N) is 2. The van der Waals surface area contributed by atoms with Gasteiger partial charge >= 0.3 is 0 Å². The number of hydrogen-bond acceptors (Lipinski definition) is 7. The maximum absolute atomic E-state index is 9.04. The molecule has 1 aromatic heterocycles. The lowest BCUT2D eigenvalue weighted by molar-refractivity contribution is 0.179. The molecule has 8 heteroatoms. The van der Waals surface area contributed by atoms with E-state index >= 15 is 0 Å². The number of ether oxygens (including phenoxy) is 2. The van der Waals surface area contributed by atoms with Crippen molar-refractivity contribution >= 4 is 12.4 Å². The zero-order valence-electron chi connectivity index (χ0n) is 14.6. The van der Waals surface area contributed by atoms with Crippen molar-refractivity contribution < 1.29 is 19.2 Å². The van der Waals surface area contributed by atoms with E-state index in [-0.39, 0.29) is 12.4 Å². The summed E-state index contributed by atoms with van der Waals surface area (Å²) in [4.78, 5) is 0. The molecule has 1 aromatic carbocycles. The second kappa shape index (κ2) is 12.3. The molecule has 0 saturated heterocycles. The third-order valence-electron chi connectivity index (χ3n) is 3.27. The predicted octanol–water partition coefficient (Wildman–Crippen LogP) is 3.08. The lowest BCUT2D eigenvalue weighted by Crippen LogP contribution is -2.04. The summed E-state index contributed by atoms with van der Waals surface area (Å²) in [6.45, 7) is 4.84. The molecule has 0 bridgehead atoms. The molecule has 0 aliphatic heterocycles. The average Bonchev–Trinajstić information content (AvgIpc) is 3.00. The Morgan fingerprint density at radius 2 is 2.00 bits per heavy atom. The van der Waals surface area contributed by atoms with Gasteiger partial charge in [0, 0.05) is 25.2 Å². The fourth-order valence-electron chi connectivity index (χ4n) is 2.34. The van der Waals surface area contributed by atoms with Gasteiger partial charge in [-0.05, 0) is 38.0 Å². The van der Waals surface area contributed by atoms with Crippen molar-refractivity contribution in [3.8, 4) is 11.8 Å². The molecule has 3 N–H and O–H groups in total. The summed E-state index contributed by atoms with van der Waals surface area (Å²) < 4.78 is 16.3. The quantitative estimate of drug-likeness (QED) is 0.569. The fourth-order valence-corrected chi connectivity index (χ4v) is 2.34. The van der Waals surface area contributed by atoms with Crippen LogP contribution < -0.4 is 10.6 Å². The first-order chi connectivity index (χ1) is 11.6. The van der Waals surface area contributed by atoms with Crippen LogP contribution in [0.15, 0.2) is 22.7 Å². The van der Waals surface area contributed by atoms with Crippen LogP contribution >= 0.6 is 12.4 Å². The Balaban J connectivity index is 0.00000185. The second-order valence-electron chi connectivity index (χ2n) is 5.21. The molecule has 0 unspecified atom stereocenters. The SMILES string of the molecule is COCc1cc(C#N)cc(C)c1OCCCc1cc(C)no1.Cl.NO. The minimum atomic E-state index is 0. The van der Waals surface area contributed by atoms with Gasteiger partial charge in [0.25, 0.3) is 0 Å². The van der Waals surface area contributed by atoms with Crippen molar-refractivity contribution in [2.24, 2.45) is 5.90 Å². The molecular formula is C17H24ClN3O4. The van der Waals surface area contributed by atoms with E-state index in [2.05, 4.69) is 17.1 Å². The molecule has 7 nitrogen and oxygen atoms in total. The van der Waals surface area contributed by atoms with Crippen LogP contribution in [-0.4, -0.2) is 24.1 Å². The van der Waals surface area contributed by atoms with Gasteiger partial charge in [-0.25, -0.2) is 5.90 Å². The highest BCUT2D eigenvalue weighted by Gasteiger charge is 2.10. The summed E-state index contributed by atoms with van der Waals surface area (Å²) in [6.07, 6.45) is 1.62. The van der Waals surface area contributed by atoms with Crippen LogP contribution in [0.25, 0.3) is 0 Å². The van der Waals surface area contributed by atoms with Gasteiger partial charge in [0.05, 0.1) is 30.5 Å². The van der Waals surface area contributed by atoms with Crippen molar-refractivity contribution in [1.29, 1.82) is 5.26 Å². The Bertz CT molecular complexity index is 683. The van der Waals surface area contributed by atoms with Crippen LogP contribution in [-0.2, 0) is 17.8 Å². The number of hydrogen-bond donors (Lipinski definition) is 2. The number of aromatic nitrogens is 1. The van der Waals surface area contributed by atoms with Crippen molar-refractivity contribution in [3.05, 3.63) is 46.3 Å². The third kappa shape index (κ3) is 7.11. The molecule has 2 aromatic rings. The number of aryl methyl sites for hydroxylation is 3. The van der Waals surface area contributed by atoms with Gasteiger partial charge in [-0.1, -0.05) is 5.16 Å². The number of benzene rings is 1. The molecular weight excluding hydrogens is 346 g/mol. The van der Waals surface area contributed by atoms with E-state index in [0.29, 0.717) is 18.8 Å². The van der Waals surface area contributed by atoms with Crippen molar-refractivity contribution in [3.63, 3.8) is 0 Å². The van der Waals surface area contributed by atoms with Crippen LogP contribution in [0.1, 0.15) is 34.6 Å². The Morgan fingerprint density at radius 1 is 1.28 bits per heavy atom. The normalized spacial score (nSPS) is 9.44. The minimum Gasteiger partial charge on any atom is -0.493 e. The molecule has 0 amide bonds. The number of methoxy groups -OCH3 is 1. The van der Waals surface area contributed by atoms with E-state index in [1.807, 2.05) is 32.0 Å². The monoisotopic (exact) mass is 369 g/mol. The van der Waals surface area contributed by atoms with E-state index in [4.69, 9.17) is 24.5 Å². The summed E-state index contributed by atoms with van der Waals surface area (Å²) >= 11 is 0. The molecule has 0 fully saturated rings. The number of nitrogens with two attached hydrogens (primary N) is 1. The standard InChI is InChI=1S/C17H20N2O3.ClH.H3NO/c1-12-7-14(10-18)9-15(11-20-3)17(12)21-6-4-5-16-8-13(2)19-22-16;;1-2/h7-9H,4-6,11H2,1-3H3;1H;2H,1H2. The van der Waals surface area contributed by atoms with Gasteiger partial charge in [-0.2, -0.15) is 5.26 Å². The highest BCUT2D eigenvalue weighted by atomic mass is 35.5. The average molecular weight is 370 g/mol. The fraction of sp³-hybridized carbons (Fsp3) is 0.412. The predicted molar refractivity (Wildman–Crippen MR) is 94.9 cm³/mol. The lowest BCUT2D eigenvalue weighted by atomic mass is 10.1. The summed E-state index contributed by atoms with van der Waals surface area (Å²) in [7, 11) is 1.63. The van der Waals surface area contributed by atoms with E-state index in [0.717, 1.165) is 41.2 Å². The highest BCUT2D eigenvalue weighted by Crippen LogP contribution is 2.26. The molecule has 2 rings (SSSR count). The first-order valence-electron chi connectivity index (χ1n) is 7.47. The van der Waals surface area contributed by atoms with Crippen molar-refractivity contribution in [2.45, 2.75) is 33.3 Å². The van der Waals surface area contributed by atoms with E-state index in [9.17, 15) is 0 Å². The highest BCUT2D eigenvalue weighted by molar-refractivity contribution is 5.85. The molecule has 0 spiro atoms. The molecule has 0 radical (unpaired) electrons. The number of halogens is 1. The van der Waals surface area contributed by atoms with Gasteiger partial charge in [-0.15, -0.1) is 12.4 Å².